The summed E-state index contributed by atoms with van der Waals surface area (Å²) >= 11 is 0. The maximum Gasteiger partial charge on any atom is 0.242 e. The zero-order chi connectivity index (χ0) is 15.4. The van der Waals surface area contributed by atoms with E-state index in [4.69, 9.17) is 0 Å². The first-order valence-corrected chi connectivity index (χ1v) is 7.69. The third-order valence-electron chi connectivity index (χ3n) is 3.62. The molecular formula is C15H25N5O. The van der Waals surface area contributed by atoms with Gasteiger partial charge < -0.3 is 16.0 Å². The third-order valence-corrected chi connectivity index (χ3v) is 3.62. The van der Waals surface area contributed by atoms with E-state index in [9.17, 15) is 4.79 Å². The molecule has 1 fully saturated rings. The highest BCUT2D eigenvalue weighted by atomic mass is 16.2. The van der Waals surface area contributed by atoms with E-state index in [-0.39, 0.29) is 17.9 Å². The summed E-state index contributed by atoms with van der Waals surface area (Å²) in [6, 6.07) is -0.207. The van der Waals surface area contributed by atoms with Crippen molar-refractivity contribution in [1.29, 1.82) is 0 Å². The van der Waals surface area contributed by atoms with Crippen LogP contribution in [-0.2, 0) is 4.79 Å². The Bertz CT molecular complexity index is 515. The standard InChI is InChI=1S/C15H25N5O/c1-5-16-13-10(4)14(20-12(19-13)9(2)3)18-11-7-6-8-17-15(11)21/h9,11H,5-8H2,1-4H3,(H,17,21)(H2,16,18,19,20). The lowest BCUT2D eigenvalue weighted by molar-refractivity contribution is -0.123. The number of nitrogens with one attached hydrogen (secondary N) is 3. The van der Waals surface area contributed by atoms with Crippen molar-refractivity contribution in [3.05, 3.63) is 11.4 Å². The molecule has 0 spiro atoms. The second-order valence-electron chi connectivity index (χ2n) is 5.72. The fraction of sp³-hybridized carbons (Fsp3) is 0.667. The molecule has 0 radical (unpaired) electrons. The highest BCUT2D eigenvalue weighted by Crippen LogP contribution is 2.24. The summed E-state index contributed by atoms with van der Waals surface area (Å²) in [5, 5.41) is 9.45. The molecule has 1 aliphatic heterocycles. The van der Waals surface area contributed by atoms with Crippen molar-refractivity contribution in [3.63, 3.8) is 0 Å². The van der Waals surface area contributed by atoms with Gasteiger partial charge in [0.25, 0.3) is 0 Å². The fourth-order valence-corrected chi connectivity index (χ4v) is 2.35. The molecule has 1 unspecified atom stereocenters. The van der Waals surface area contributed by atoms with Crippen LogP contribution in [0.3, 0.4) is 0 Å². The highest BCUT2D eigenvalue weighted by Gasteiger charge is 2.23. The molecule has 2 heterocycles. The molecule has 0 saturated carbocycles. The van der Waals surface area contributed by atoms with Crippen LogP contribution in [0.2, 0.25) is 0 Å². The van der Waals surface area contributed by atoms with Gasteiger partial charge >= 0.3 is 0 Å². The van der Waals surface area contributed by atoms with Gasteiger partial charge in [0, 0.05) is 24.6 Å². The first kappa shape index (κ1) is 15.5. The van der Waals surface area contributed by atoms with E-state index in [0.29, 0.717) is 0 Å². The van der Waals surface area contributed by atoms with Gasteiger partial charge in [-0.15, -0.1) is 0 Å². The largest absolute Gasteiger partial charge is 0.370 e. The Balaban J connectivity index is 2.29. The summed E-state index contributed by atoms with van der Waals surface area (Å²) in [5.74, 6) is 2.68. The molecule has 0 aromatic carbocycles. The van der Waals surface area contributed by atoms with Gasteiger partial charge in [-0.25, -0.2) is 9.97 Å². The van der Waals surface area contributed by atoms with Gasteiger partial charge in [0.2, 0.25) is 5.91 Å². The van der Waals surface area contributed by atoms with Crippen LogP contribution in [0.4, 0.5) is 11.6 Å². The summed E-state index contributed by atoms with van der Waals surface area (Å²) in [5.41, 5.74) is 0.958. The summed E-state index contributed by atoms with van der Waals surface area (Å²) in [6.07, 6.45) is 1.83. The molecule has 0 aliphatic carbocycles. The van der Waals surface area contributed by atoms with Gasteiger partial charge in [-0.1, -0.05) is 13.8 Å². The zero-order valence-corrected chi connectivity index (χ0v) is 13.3. The average molecular weight is 291 g/mol. The molecule has 0 bridgehead atoms. The maximum absolute atomic E-state index is 11.9. The van der Waals surface area contributed by atoms with Crippen molar-refractivity contribution in [3.8, 4) is 0 Å². The lowest BCUT2D eigenvalue weighted by atomic mass is 10.1. The lowest BCUT2D eigenvalue weighted by Crippen LogP contribution is -2.44. The summed E-state index contributed by atoms with van der Waals surface area (Å²) < 4.78 is 0. The second kappa shape index (κ2) is 6.74. The maximum atomic E-state index is 11.9. The third kappa shape index (κ3) is 3.62. The average Bonchev–Trinajstić information content (AvgIpc) is 2.45. The van der Waals surface area contributed by atoms with E-state index in [1.54, 1.807) is 0 Å². The molecule has 6 heteroatoms. The number of nitrogens with zero attached hydrogens (tertiary/aromatic N) is 2. The predicted octanol–water partition coefficient (Wildman–Crippen LogP) is 2.03. The number of anilines is 2. The van der Waals surface area contributed by atoms with Gasteiger partial charge in [-0.2, -0.15) is 0 Å². The van der Waals surface area contributed by atoms with E-state index < -0.39 is 0 Å². The molecule has 1 aromatic rings. The van der Waals surface area contributed by atoms with E-state index in [0.717, 1.165) is 49.0 Å². The predicted molar refractivity (Wildman–Crippen MR) is 84.7 cm³/mol. The van der Waals surface area contributed by atoms with E-state index in [1.807, 2.05) is 13.8 Å². The van der Waals surface area contributed by atoms with Crippen LogP contribution >= 0.6 is 0 Å². The minimum absolute atomic E-state index is 0.0513. The molecule has 1 saturated heterocycles. The fourth-order valence-electron chi connectivity index (χ4n) is 2.35. The number of rotatable bonds is 5. The zero-order valence-electron chi connectivity index (χ0n) is 13.3. The Kier molecular flexibility index (Phi) is 4.98. The molecule has 1 amide bonds. The monoisotopic (exact) mass is 291 g/mol. The van der Waals surface area contributed by atoms with Crippen molar-refractivity contribution >= 4 is 17.5 Å². The Morgan fingerprint density at radius 1 is 1.33 bits per heavy atom. The molecule has 116 valence electrons. The van der Waals surface area contributed by atoms with Crippen LogP contribution in [0.15, 0.2) is 0 Å². The number of hydrogen-bond donors (Lipinski definition) is 3. The van der Waals surface area contributed by atoms with Crippen LogP contribution in [0.25, 0.3) is 0 Å². The van der Waals surface area contributed by atoms with Crippen LogP contribution in [0, 0.1) is 6.92 Å². The van der Waals surface area contributed by atoms with Crippen molar-refractivity contribution in [2.45, 2.75) is 52.5 Å². The number of carbonyl (C=O) groups is 1. The smallest absolute Gasteiger partial charge is 0.242 e. The van der Waals surface area contributed by atoms with Crippen LogP contribution in [0.5, 0.6) is 0 Å². The van der Waals surface area contributed by atoms with Gasteiger partial charge in [0.1, 0.15) is 23.5 Å². The molecule has 21 heavy (non-hydrogen) atoms. The molecule has 6 nitrogen and oxygen atoms in total. The van der Waals surface area contributed by atoms with Crippen LogP contribution in [-0.4, -0.2) is 35.0 Å². The Morgan fingerprint density at radius 3 is 2.67 bits per heavy atom. The van der Waals surface area contributed by atoms with Crippen molar-refractivity contribution in [2.75, 3.05) is 23.7 Å². The molecule has 1 aliphatic rings. The molecule has 1 atom stereocenters. The molecule has 2 rings (SSSR count). The summed E-state index contributed by atoms with van der Waals surface area (Å²) in [4.78, 5) is 21.1. The Labute approximate surface area is 126 Å². The topological polar surface area (TPSA) is 78.9 Å². The van der Waals surface area contributed by atoms with Crippen molar-refractivity contribution in [1.82, 2.24) is 15.3 Å². The van der Waals surface area contributed by atoms with Crippen molar-refractivity contribution in [2.24, 2.45) is 0 Å². The molecular weight excluding hydrogens is 266 g/mol. The number of carbonyl (C=O) groups excluding carboxylic acids is 1. The van der Waals surface area contributed by atoms with Gasteiger partial charge in [0.05, 0.1) is 0 Å². The number of aromatic nitrogens is 2. The van der Waals surface area contributed by atoms with E-state index >= 15 is 0 Å². The van der Waals surface area contributed by atoms with Gasteiger partial charge in [-0.05, 0) is 26.7 Å². The molecule has 1 aromatic heterocycles. The van der Waals surface area contributed by atoms with Gasteiger partial charge in [0.15, 0.2) is 0 Å². The Hall–Kier alpha value is -1.85. The van der Waals surface area contributed by atoms with Crippen LogP contribution in [0.1, 0.15) is 50.9 Å². The minimum Gasteiger partial charge on any atom is -0.370 e. The lowest BCUT2D eigenvalue weighted by Gasteiger charge is -2.25. The molecule has 3 N–H and O–H groups in total. The number of amides is 1. The minimum atomic E-state index is -0.207. The Morgan fingerprint density at radius 2 is 2.05 bits per heavy atom. The summed E-state index contributed by atoms with van der Waals surface area (Å²) in [7, 11) is 0. The van der Waals surface area contributed by atoms with E-state index in [1.165, 1.54) is 0 Å². The first-order valence-electron chi connectivity index (χ1n) is 7.69. The summed E-state index contributed by atoms with van der Waals surface area (Å²) in [6.45, 7) is 9.72. The number of hydrogen-bond acceptors (Lipinski definition) is 5. The first-order chi connectivity index (χ1) is 10.0. The van der Waals surface area contributed by atoms with Gasteiger partial charge in [-0.3, -0.25) is 4.79 Å². The number of piperidine rings is 1. The van der Waals surface area contributed by atoms with Crippen molar-refractivity contribution < 1.29 is 4.79 Å². The quantitative estimate of drug-likeness (QED) is 0.773. The normalized spacial score (nSPS) is 18.5. The highest BCUT2D eigenvalue weighted by molar-refractivity contribution is 5.85. The SMILES string of the molecule is CCNc1nc(C(C)C)nc(NC2CCCNC2=O)c1C. The van der Waals surface area contributed by atoms with E-state index in [2.05, 4.69) is 39.8 Å². The van der Waals surface area contributed by atoms with Crippen LogP contribution < -0.4 is 16.0 Å². The second-order valence-corrected chi connectivity index (χ2v) is 5.72.